The first kappa shape index (κ1) is 5.88. The lowest BCUT2D eigenvalue weighted by Crippen LogP contribution is -2.18. The third-order valence-corrected chi connectivity index (χ3v) is 0.955. The van der Waals surface area contributed by atoms with Gasteiger partial charge in [-0.1, -0.05) is 0 Å². The summed E-state index contributed by atoms with van der Waals surface area (Å²) in [5.41, 5.74) is 0. The van der Waals surface area contributed by atoms with Crippen molar-refractivity contribution in [1.29, 1.82) is 0 Å². The fourth-order valence-corrected chi connectivity index (χ4v) is 0.402. The Kier molecular flexibility index (Phi) is 1.42. The fraction of sp³-hybridized carbons (Fsp3) is 1.00. The van der Waals surface area contributed by atoms with Gasteiger partial charge in [-0.25, -0.2) is 13.2 Å². The Morgan fingerprint density at radius 2 is 1.88 bits per heavy atom. The van der Waals surface area contributed by atoms with Crippen LogP contribution in [0.15, 0.2) is 0 Å². The van der Waals surface area contributed by atoms with E-state index in [1.54, 1.807) is 0 Å². The Morgan fingerprint density at radius 3 is 2.00 bits per heavy atom. The number of ether oxygens (including phenoxy) is 1. The maximum Gasteiger partial charge on any atom is 0.272 e. The number of hydrogen-bond donors (Lipinski definition) is 0. The van der Waals surface area contributed by atoms with Gasteiger partial charge in [-0.3, -0.25) is 0 Å². The molecule has 0 spiro atoms. The average Bonchev–Trinajstić information content (AvgIpc) is 2.43. The Bertz CT molecular complexity index is 79.4. The molecule has 1 aliphatic rings. The lowest BCUT2D eigenvalue weighted by Gasteiger charge is -1.99. The first-order valence-corrected chi connectivity index (χ1v) is 2.25. The van der Waals surface area contributed by atoms with Gasteiger partial charge in [0.05, 0.1) is 6.61 Å². The van der Waals surface area contributed by atoms with E-state index in [9.17, 15) is 13.2 Å². The van der Waals surface area contributed by atoms with Gasteiger partial charge in [0, 0.05) is 0 Å². The van der Waals surface area contributed by atoms with E-state index in [-0.39, 0.29) is 6.61 Å². The van der Waals surface area contributed by atoms with Crippen LogP contribution in [0.2, 0.25) is 0 Å². The summed E-state index contributed by atoms with van der Waals surface area (Å²) >= 11 is 0. The molecule has 8 heavy (non-hydrogen) atoms. The van der Waals surface area contributed by atoms with E-state index in [0.29, 0.717) is 0 Å². The predicted molar refractivity (Wildman–Crippen MR) is 20.6 cm³/mol. The highest BCUT2D eigenvalue weighted by molar-refractivity contribution is 4.80. The van der Waals surface area contributed by atoms with E-state index >= 15 is 0 Å². The van der Waals surface area contributed by atoms with Crippen molar-refractivity contribution in [2.24, 2.45) is 0 Å². The molecule has 1 nitrogen and oxygen atoms in total. The second kappa shape index (κ2) is 1.93. The van der Waals surface area contributed by atoms with Crippen LogP contribution in [0.5, 0.6) is 0 Å². The highest BCUT2D eigenvalue weighted by Gasteiger charge is 2.38. The minimum Gasteiger partial charge on any atom is -0.370 e. The van der Waals surface area contributed by atoms with Crippen molar-refractivity contribution in [3.05, 3.63) is 0 Å². The summed E-state index contributed by atoms with van der Waals surface area (Å²) in [5.74, 6) is 0. The fourth-order valence-electron chi connectivity index (χ4n) is 0.402. The summed E-state index contributed by atoms with van der Waals surface area (Å²) in [6, 6.07) is 0. The van der Waals surface area contributed by atoms with E-state index in [1.807, 2.05) is 0 Å². The zero-order valence-corrected chi connectivity index (χ0v) is 3.98. The standard InChI is InChI=1S/C4H5F3O/c5-3(4(6)7)2-1-8-2/h2-4H,1H2. The van der Waals surface area contributed by atoms with Crippen LogP contribution in [-0.4, -0.2) is 25.3 Å². The number of hydrogen-bond acceptors (Lipinski definition) is 1. The van der Waals surface area contributed by atoms with E-state index in [2.05, 4.69) is 4.74 Å². The molecular formula is C4H5F3O. The monoisotopic (exact) mass is 126 g/mol. The Balaban J connectivity index is 2.22. The normalized spacial score (nSPS) is 30.8. The molecule has 2 unspecified atom stereocenters. The van der Waals surface area contributed by atoms with Crippen molar-refractivity contribution in [3.8, 4) is 0 Å². The molecule has 0 aromatic rings. The minimum atomic E-state index is -2.89. The van der Waals surface area contributed by atoms with Gasteiger partial charge < -0.3 is 4.74 Å². The molecule has 4 heteroatoms. The maximum atomic E-state index is 11.8. The SMILES string of the molecule is FC(F)C(F)C1CO1. The molecular weight excluding hydrogens is 121 g/mol. The molecule has 48 valence electrons. The van der Waals surface area contributed by atoms with Crippen molar-refractivity contribution in [1.82, 2.24) is 0 Å². The van der Waals surface area contributed by atoms with Crippen LogP contribution in [0.25, 0.3) is 0 Å². The van der Waals surface area contributed by atoms with Gasteiger partial charge in [0.15, 0.2) is 6.17 Å². The van der Waals surface area contributed by atoms with Crippen LogP contribution in [0.3, 0.4) is 0 Å². The number of halogens is 3. The predicted octanol–water partition coefficient (Wildman–Crippen LogP) is 0.988. The Morgan fingerprint density at radius 1 is 1.38 bits per heavy atom. The zero-order chi connectivity index (χ0) is 6.15. The van der Waals surface area contributed by atoms with Gasteiger partial charge in [0.1, 0.15) is 6.10 Å². The Labute approximate surface area is 44.4 Å². The lowest BCUT2D eigenvalue weighted by molar-refractivity contribution is 0.0341. The summed E-state index contributed by atoms with van der Waals surface area (Å²) in [5, 5.41) is 0. The van der Waals surface area contributed by atoms with Gasteiger partial charge in [-0.2, -0.15) is 0 Å². The highest BCUT2D eigenvalue weighted by Crippen LogP contribution is 2.21. The first-order valence-electron chi connectivity index (χ1n) is 2.25. The molecule has 0 amide bonds. The van der Waals surface area contributed by atoms with Gasteiger partial charge in [-0.05, 0) is 0 Å². The summed E-state index contributed by atoms with van der Waals surface area (Å²) in [7, 11) is 0. The summed E-state index contributed by atoms with van der Waals surface area (Å²) in [4.78, 5) is 0. The minimum absolute atomic E-state index is 0.144. The Hall–Kier alpha value is -0.250. The van der Waals surface area contributed by atoms with Crippen molar-refractivity contribution >= 4 is 0 Å². The lowest BCUT2D eigenvalue weighted by atomic mass is 10.3. The quantitative estimate of drug-likeness (QED) is 0.502. The summed E-state index contributed by atoms with van der Waals surface area (Å²) in [6.07, 6.45) is -5.78. The van der Waals surface area contributed by atoms with Crippen LogP contribution >= 0.6 is 0 Å². The molecule has 1 aliphatic heterocycles. The second-order valence-electron chi connectivity index (χ2n) is 1.65. The third-order valence-electron chi connectivity index (χ3n) is 0.955. The van der Waals surface area contributed by atoms with Crippen LogP contribution in [0.1, 0.15) is 0 Å². The number of rotatable bonds is 2. The van der Waals surface area contributed by atoms with Crippen molar-refractivity contribution < 1.29 is 17.9 Å². The second-order valence-corrected chi connectivity index (χ2v) is 1.65. The molecule has 0 aliphatic carbocycles. The van der Waals surface area contributed by atoms with Crippen molar-refractivity contribution in [2.45, 2.75) is 18.7 Å². The van der Waals surface area contributed by atoms with Crippen LogP contribution in [0.4, 0.5) is 13.2 Å². The highest BCUT2D eigenvalue weighted by atomic mass is 19.3. The molecule has 0 bridgehead atoms. The maximum absolute atomic E-state index is 11.8. The molecule has 0 aromatic heterocycles. The molecule has 1 heterocycles. The van der Waals surface area contributed by atoms with Gasteiger partial charge in [0.2, 0.25) is 0 Å². The summed E-state index contributed by atoms with van der Waals surface area (Å²) < 4.78 is 38.6. The van der Waals surface area contributed by atoms with Crippen LogP contribution < -0.4 is 0 Å². The zero-order valence-electron chi connectivity index (χ0n) is 3.98. The first-order chi connectivity index (χ1) is 3.72. The van der Waals surface area contributed by atoms with Gasteiger partial charge in [0.25, 0.3) is 6.43 Å². The van der Waals surface area contributed by atoms with Crippen LogP contribution in [0, 0.1) is 0 Å². The number of alkyl halides is 3. The summed E-state index contributed by atoms with van der Waals surface area (Å²) in [6.45, 7) is 0.144. The third kappa shape index (κ3) is 1.12. The van der Waals surface area contributed by atoms with Crippen molar-refractivity contribution in [3.63, 3.8) is 0 Å². The van der Waals surface area contributed by atoms with E-state index in [1.165, 1.54) is 0 Å². The van der Waals surface area contributed by atoms with Gasteiger partial charge >= 0.3 is 0 Å². The molecule has 0 saturated carbocycles. The van der Waals surface area contributed by atoms with E-state index < -0.39 is 18.7 Å². The van der Waals surface area contributed by atoms with Crippen LogP contribution in [-0.2, 0) is 4.74 Å². The molecule has 0 radical (unpaired) electrons. The number of epoxide rings is 1. The molecule has 1 rings (SSSR count). The molecule has 0 aromatic carbocycles. The van der Waals surface area contributed by atoms with E-state index in [4.69, 9.17) is 0 Å². The topological polar surface area (TPSA) is 12.5 Å². The van der Waals surface area contributed by atoms with Crippen molar-refractivity contribution in [2.75, 3.05) is 6.61 Å². The molecule has 1 fully saturated rings. The largest absolute Gasteiger partial charge is 0.370 e. The van der Waals surface area contributed by atoms with E-state index in [0.717, 1.165) is 0 Å². The molecule has 0 N–H and O–H groups in total. The molecule has 2 atom stereocenters. The van der Waals surface area contributed by atoms with Gasteiger partial charge in [-0.15, -0.1) is 0 Å². The molecule has 1 saturated heterocycles. The smallest absolute Gasteiger partial charge is 0.272 e. The average molecular weight is 126 g/mol.